The molecule has 0 spiro atoms. The number of hydrogen-bond donors (Lipinski definition) is 1. The molecule has 2 unspecified atom stereocenters. The average molecular weight is 354 g/mol. The summed E-state index contributed by atoms with van der Waals surface area (Å²) in [4.78, 5) is 6.93. The number of hydrogen-bond acceptors (Lipinski definition) is 3. The van der Waals surface area contributed by atoms with Crippen LogP contribution in [-0.4, -0.2) is 34.6 Å². The van der Waals surface area contributed by atoms with Gasteiger partial charge in [-0.1, -0.05) is 27.7 Å². The minimum Gasteiger partial charge on any atom is -0.310 e. The first-order valence-electron chi connectivity index (χ1n) is 7.82. The zero-order chi connectivity index (χ0) is 15.7. The summed E-state index contributed by atoms with van der Waals surface area (Å²) < 4.78 is 1.06. The largest absolute Gasteiger partial charge is 0.310 e. The summed E-state index contributed by atoms with van der Waals surface area (Å²) in [6.07, 6.45) is 4.98. The molecule has 4 heteroatoms. The topological polar surface area (TPSA) is 28.2 Å². The van der Waals surface area contributed by atoms with E-state index in [4.69, 9.17) is 0 Å². The van der Waals surface area contributed by atoms with E-state index < -0.39 is 0 Å². The van der Waals surface area contributed by atoms with Crippen molar-refractivity contribution in [1.82, 2.24) is 15.2 Å². The third-order valence-corrected chi connectivity index (χ3v) is 5.27. The van der Waals surface area contributed by atoms with Gasteiger partial charge in [0.25, 0.3) is 0 Å². The van der Waals surface area contributed by atoms with Crippen LogP contribution in [0.5, 0.6) is 0 Å². The molecule has 1 aliphatic rings. The minimum absolute atomic E-state index is 0.212. The number of nitrogens with one attached hydrogen (secondary N) is 1. The second kappa shape index (κ2) is 6.35. The summed E-state index contributed by atoms with van der Waals surface area (Å²) >= 11 is 3.52. The lowest BCUT2D eigenvalue weighted by atomic mass is 9.81. The molecule has 0 aliphatic carbocycles. The number of aromatic nitrogens is 1. The summed E-state index contributed by atoms with van der Waals surface area (Å²) in [5, 5.41) is 3.76. The van der Waals surface area contributed by atoms with Gasteiger partial charge >= 0.3 is 0 Å². The molecule has 0 aromatic carbocycles. The van der Waals surface area contributed by atoms with E-state index in [1.54, 1.807) is 0 Å². The SMILES string of the molecule is CCC1(C)CNC(C(C)(C)C)CN1Cc1cncc(Br)c1. The Morgan fingerprint density at radius 1 is 1.43 bits per heavy atom. The lowest BCUT2D eigenvalue weighted by Gasteiger charge is -2.51. The van der Waals surface area contributed by atoms with Gasteiger partial charge in [0.2, 0.25) is 0 Å². The maximum atomic E-state index is 4.30. The quantitative estimate of drug-likeness (QED) is 0.894. The fourth-order valence-corrected chi connectivity index (χ4v) is 3.32. The molecule has 2 atom stereocenters. The molecule has 118 valence electrons. The molecule has 0 amide bonds. The number of piperazine rings is 1. The van der Waals surface area contributed by atoms with Crippen LogP contribution >= 0.6 is 15.9 Å². The van der Waals surface area contributed by atoms with Gasteiger partial charge in [0, 0.05) is 48.1 Å². The Morgan fingerprint density at radius 2 is 2.14 bits per heavy atom. The van der Waals surface area contributed by atoms with Crippen LogP contribution in [-0.2, 0) is 6.54 Å². The van der Waals surface area contributed by atoms with E-state index in [-0.39, 0.29) is 11.0 Å². The lowest BCUT2D eigenvalue weighted by molar-refractivity contribution is 0.0157. The van der Waals surface area contributed by atoms with Gasteiger partial charge in [-0.2, -0.15) is 0 Å². The first-order valence-corrected chi connectivity index (χ1v) is 8.62. The van der Waals surface area contributed by atoms with Crippen LogP contribution in [0.15, 0.2) is 22.9 Å². The highest BCUT2D eigenvalue weighted by Gasteiger charge is 2.39. The molecule has 1 aromatic rings. The Hall–Kier alpha value is -0.450. The van der Waals surface area contributed by atoms with Gasteiger partial charge in [-0.3, -0.25) is 9.88 Å². The number of halogens is 1. The van der Waals surface area contributed by atoms with E-state index in [1.807, 2.05) is 12.4 Å². The van der Waals surface area contributed by atoms with Crippen molar-refractivity contribution in [3.05, 3.63) is 28.5 Å². The highest BCUT2D eigenvalue weighted by molar-refractivity contribution is 9.10. The summed E-state index contributed by atoms with van der Waals surface area (Å²) in [7, 11) is 0. The first kappa shape index (κ1) is 16.9. The summed E-state index contributed by atoms with van der Waals surface area (Å²) in [6.45, 7) is 14.7. The molecule has 3 nitrogen and oxygen atoms in total. The van der Waals surface area contributed by atoms with Crippen molar-refractivity contribution in [2.24, 2.45) is 5.41 Å². The van der Waals surface area contributed by atoms with E-state index in [9.17, 15) is 0 Å². The summed E-state index contributed by atoms with van der Waals surface area (Å²) in [5.74, 6) is 0. The zero-order valence-corrected chi connectivity index (χ0v) is 15.5. The molecule has 2 rings (SSSR count). The van der Waals surface area contributed by atoms with Crippen LogP contribution in [0, 0.1) is 5.41 Å². The van der Waals surface area contributed by atoms with Gasteiger partial charge in [0.1, 0.15) is 0 Å². The van der Waals surface area contributed by atoms with Crippen LogP contribution in [0.4, 0.5) is 0 Å². The monoisotopic (exact) mass is 353 g/mol. The van der Waals surface area contributed by atoms with Crippen molar-refractivity contribution >= 4 is 15.9 Å². The van der Waals surface area contributed by atoms with Crippen LogP contribution in [0.1, 0.15) is 46.6 Å². The maximum Gasteiger partial charge on any atom is 0.0410 e. The smallest absolute Gasteiger partial charge is 0.0410 e. The van der Waals surface area contributed by atoms with Crippen molar-refractivity contribution in [3.63, 3.8) is 0 Å². The normalized spacial score (nSPS) is 27.8. The van der Waals surface area contributed by atoms with Crippen molar-refractivity contribution in [1.29, 1.82) is 0 Å². The van der Waals surface area contributed by atoms with Crippen molar-refractivity contribution < 1.29 is 0 Å². The van der Waals surface area contributed by atoms with E-state index >= 15 is 0 Å². The first-order chi connectivity index (χ1) is 9.74. The van der Waals surface area contributed by atoms with Crippen LogP contribution in [0.25, 0.3) is 0 Å². The fourth-order valence-electron chi connectivity index (χ4n) is 2.91. The van der Waals surface area contributed by atoms with Crippen LogP contribution < -0.4 is 5.32 Å². The molecule has 2 heterocycles. The molecular weight excluding hydrogens is 326 g/mol. The summed E-state index contributed by atoms with van der Waals surface area (Å²) in [5.41, 5.74) is 1.77. The Labute approximate surface area is 137 Å². The third-order valence-electron chi connectivity index (χ3n) is 4.84. The Kier molecular flexibility index (Phi) is 5.11. The number of pyridine rings is 1. The molecule has 0 saturated carbocycles. The predicted molar refractivity (Wildman–Crippen MR) is 92.3 cm³/mol. The van der Waals surface area contributed by atoms with Crippen molar-refractivity contribution in [2.75, 3.05) is 13.1 Å². The van der Waals surface area contributed by atoms with E-state index in [0.717, 1.165) is 30.5 Å². The Balaban J connectivity index is 2.18. The third kappa shape index (κ3) is 4.05. The molecular formula is C17H28BrN3. The van der Waals surface area contributed by atoms with E-state index in [2.05, 4.69) is 71.8 Å². The number of nitrogens with zero attached hydrogens (tertiary/aromatic N) is 2. The van der Waals surface area contributed by atoms with Gasteiger partial charge in [0.05, 0.1) is 0 Å². The van der Waals surface area contributed by atoms with Crippen molar-refractivity contribution in [2.45, 2.75) is 59.2 Å². The van der Waals surface area contributed by atoms with Gasteiger partial charge in [0.15, 0.2) is 0 Å². The lowest BCUT2D eigenvalue weighted by Crippen LogP contribution is -2.65. The molecule has 0 radical (unpaired) electrons. The standard InChI is InChI=1S/C17H28BrN3/c1-6-17(5)12-20-15(16(2,3)4)11-21(17)10-13-7-14(18)9-19-8-13/h7-9,15,20H,6,10-12H2,1-5H3. The second-order valence-corrected chi connectivity index (χ2v) is 8.46. The van der Waals surface area contributed by atoms with Crippen molar-refractivity contribution in [3.8, 4) is 0 Å². The van der Waals surface area contributed by atoms with Gasteiger partial charge in [-0.25, -0.2) is 0 Å². The Bertz CT molecular complexity index is 483. The molecule has 1 aliphatic heterocycles. The van der Waals surface area contributed by atoms with Crippen LogP contribution in [0.2, 0.25) is 0 Å². The molecule has 0 bridgehead atoms. The minimum atomic E-state index is 0.212. The molecule has 1 aromatic heterocycles. The number of rotatable bonds is 3. The predicted octanol–water partition coefficient (Wildman–Crippen LogP) is 3.83. The van der Waals surface area contributed by atoms with E-state index in [1.165, 1.54) is 5.56 Å². The zero-order valence-electron chi connectivity index (χ0n) is 13.9. The van der Waals surface area contributed by atoms with Gasteiger partial charge < -0.3 is 5.32 Å². The molecule has 21 heavy (non-hydrogen) atoms. The molecule has 1 saturated heterocycles. The van der Waals surface area contributed by atoms with Gasteiger partial charge in [-0.05, 0) is 46.3 Å². The summed E-state index contributed by atoms with van der Waals surface area (Å²) in [6, 6.07) is 2.70. The maximum absolute atomic E-state index is 4.30. The highest BCUT2D eigenvalue weighted by Crippen LogP contribution is 2.30. The molecule has 1 N–H and O–H groups in total. The highest BCUT2D eigenvalue weighted by atomic mass is 79.9. The average Bonchev–Trinajstić information content (AvgIpc) is 2.40. The van der Waals surface area contributed by atoms with Crippen LogP contribution in [0.3, 0.4) is 0 Å². The fraction of sp³-hybridized carbons (Fsp3) is 0.706. The van der Waals surface area contributed by atoms with E-state index in [0.29, 0.717) is 6.04 Å². The van der Waals surface area contributed by atoms with Gasteiger partial charge in [-0.15, -0.1) is 0 Å². The molecule has 1 fully saturated rings. The second-order valence-electron chi connectivity index (χ2n) is 7.54. The Morgan fingerprint density at radius 3 is 2.71 bits per heavy atom.